The summed E-state index contributed by atoms with van der Waals surface area (Å²) in [6, 6.07) is 0.753. The number of thioether (sulfide) groups is 1. The SMILES string of the molecule is CCC1CNC(C)CN1CCSC(F)(F)F. The van der Waals surface area contributed by atoms with Crippen molar-refractivity contribution in [2.75, 3.05) is 25.4 Å². The molecule has 0 spiro atoms. The van der Waals surface area contributed by atoms with Crippen LogP contribution in [0.5, 0.6) is 0 Å². The van der Waals surface area contributed by atoms with Crippen LogP contribution in [-0.4, -0.2) is 47.9 Å². The number of rotatable bonds is 4. The van der Waals surface area contributed by atoms with Gasteiger partial charge >= 0.3 is 5.51 Å². The molecule has 2 nitrogen and oxygen atoms in total. The number of nitrogens with zero attached hydrogens (tertiary/aromatic N) is 1. The second-order valence-corrected chi connectivity index (χ2v) is 5.32. The van der Waals surface area contributed by atoms with Crippen LogP contribution in [0.15, 0.2) is 0 Å². The molecule has 0 radical (unpaired) electrons. The Morgan fingerprint density at radius 1 is 1.44 bits per heavy atom. The van der Waals surface area contributed by atoms with E-state index in [9.17, 15) is 13.2 Å². The van der Waals surface area contributed by atoms with E-state index < -0.39 is 5.51 Å². The molecule has 0 amide bonds. The van der Waals surface area contributed by atoms with Gasteiger partial charge in [-0.3, -0.25) is 4.90 Å². The molecule has 0 aromatic heterocycles. The lowest BCUT2D eigenvalue weighted by molar-refractivity contribution is -0.0329. The Balaban J connectivity index is 2.32. The fourth-order valence-electron chi connectivity index (χ4n) is 1.99. The van der Waals surface area contributed by atoms with Crippen LogP contribution in [0, 0.1) is 0 Å². The van der Waals surface area contributed by atoms with Crippen LogP contribution >= 0.6 is 11.8 Å². The van der Waals surface area contributed by atoms with Crippen molar-refractivity contribution in [1.29, 1.82) is 0 Å². The minimum absolute atomic E-state index is 0.0789. The van der Waals surface area contributed by atoms with Crippen molar-refractivity contribution in [3.8, 4) is 0 Å². The molecular weight excluding hydrogens is 237 g/mol. The van der Waals surface area contributed by atoms with Gasteiger partial charge in [-0.05, 0) is 25.1 Å². The minimum Gasteiger partial charge on any atom is -0.311 e. The highest BCUT2D eigenvalue weighted by atomic mass is 32.2. The molecule has 0 bridgehead atoms. The number of hydrogen-bond acceptors (Lipinski definition) is 3. The summed E-state index contributed by atoms with van der Waals surface area (Å²) in [7, 11) is 0. The molecule has 1 saturated heterocycles. The maximum atomic E-state index is 12.0. The van der Waals surface area contributed by atoms with Crippen molar-refractivity contribution >= 4 is 11.8 Å². The van der Waals surface area contributed by atoms with Gasteiger partial charge in [-0.1, -0.05) is 6.92 Å². The van der Waals surface area contributed by atoms with Crippen molar-refractivity contribution in [3.05, 3.63) is 0 Å². The Bertz CT molecular complexity index is 211. The van der Waals surface area contributed by atoms with Crippen LogP contribution in [0.3, 0.4) is 0 Å². The highest BCUT2D eigenvalue weighted by Crippen LogP contribution is 2.30. The maximum Gasteiger partial charge on any atom is 0.441 e. The van der Waals surface area contributed by atoms with Gasteiger partial charge < -0.3 is 5.32 Å². The maximum absolute atomic E-state index is 12.0. The van der Waals surface area contributed by atoms with Gasteiger partial charge in [-0.25, -0.2) is 0 Å². The summed E-state index contributed by atoms with van der Waals surface area (Å²) in [5.74, 6) is 0.132. The van der Waals surface area contributed by atoms with Crippen LogP contribution in [0.4, 0.5) is 13.2 Å². The van der Waals surface area contributed by atoms with Crippen LogP contribution in [0.25, 0.3) is 0 Å². The van der Waals surface area contributed by atoms with Gasteiger partial charge in [-0.15, -0.1) is 0 Å². The van der Waals surface area contributed by atoms with Gasteiger partial charge in [0.05, 0.1) is 0 Å². The van der Waals surface area contributed by atoms with Crippen LogP contribution in [0.1, 0.15) is 20.3 Å². The predicted octanol–water partition coefficient (Wildman–Crippen LogP) is 2.31. The Hall–Kier alpha value is 0.0600. The molecule has 0 aromatic carbocycles. The summed E-state index contributed by atoms with van der Waals surface area (Å²) in [6.07, 6.45) is 0.983. The third-order valence-corrected chi connectivity index (χ3v) is 3.56. The second kappa shape index (κ2) is 6.12. The average Bonchev–Trinajstić information content (AvgIpc) is 2.16. The molecule has 1 heterocycles. The zero-order chi connectivity index (χ0) is 12.2. The minimum atomic E-state index is -4.10. The number of halogens is 3. The summed E-state index contributed by atoms with van der Waals surface area (Å²) in [5, 5.41) is 3.35. The Morgan fingerprint density at radius 3 is 2.69 bits per heavy atom. The lowest BCUT2D eigenvalue weighted by Crippen LogP contribution is -2.55. The Morgan fingerprint density at radius 2 is 2.12 bits per heavy atom. The molecule has 2 atom stereocenters. The standard InChI is InChI=1S/C10H19F3N2S/c1-3-9-6-14-8(2)7-15(9)4-5-16-10(11,12)13/h8-9,14H,3-7H2,1-2H3. The predicted molar refractivity (Wildman–Crippen MR) is 61.6 cm³/mol. The van der Waals surface area contributed by atoms with E-state index in [4.69, 9.17) is 0 Å². The third-order valence-electron chi connectivity index (χ3n) is 2.84. The largest absolute Gasteiger partial charge is 0.441 e. The van der Waals surface area contributed by atoms with E-state index in [0.717, 1.165) is 19.5 Å². The van der Waals surface area contributed by atoms with Gasteiger partial charge in [0.25, 0.3) is 0 Å². The van der Waals surface area contributed by atoms with Crippen LogP contribution < -0.4 is 5.32 Å². The molecule has 1 aliphatic heterocycles. The van der Waals surface area contributed by atoms with E-state index in [-0.39, 0.29) is 17.5 Å². The van der Waals surface area contributed by atoms with Crippen LogP contribution in [-0.2, 0) is 0 Å². The lowest BCUT2D eigenvalue weighted by Gasteiger charge is -2.39. The van der Waals surface area contributed by atoms with E-state index >= 15 is 0 Å². The molecule has 0 aromatic rings. The molecule has 1 aliphatic rings. The molecule has 16 heavy (non-hydrogen) atoms. The zero-order valence-corrected chi connectivity index (χ0v) is 10.5. The first-order valence-electron chi connectivity index (χ1n) is 5.60. The molecule has 96 valence electrons. The first-order chi connectivity index (χ1) is 7.42. The third kappa shape index (κ3) is 4.93. The Labute approximate surface area is 98.9 Å². The zero-order valence-electron chi connectivity index (χ0n) is 9.68. The monoisotopic (exact) mass is 256 g/mol. The highest BCUT2D eigenvalue weighted by molar-refractivity contribution is 8.00. The summed E-state index contributed by atoms with van der Waals surface area (Å²) in [6.45, 7) is 6.39. The normalized spacial score (nSPS) is 28.3. The van der Waals surface area contributed by atoms with E-state index in [1.807, 2.05) is 0 Å². The number of piperazine rings is 1. The molecule has 0 aliphatic carbocycles. The van der Waals surface area contributed by atoms with Gasteiger partial charge in [0.15, 0.2) is 0 Å². The fraction of sp³-hybridized carbons (Fsp3) is 1.00. The summed E-state index contributed by atoms with van der Waals surface area (Å²) in [4.78, 5) is 2.17. The van der Waals surface area contributed by atoms with Crippen LogP contribution in [0.2, 0.25) is 0 Å². The van der Waals surface area contributed by atoms with Crippen molar-refractivity contribution in [1.82, 2.24) is 10.2 Å². The first-order valence-corrected chi connectivity index (χ1v) is 6.59. The molecule has 1 N–H and O–H groups in total. The average molecular weight is 256 g/mol. The van der Waals surface area contributed by atoms with Gasteiger partial charge in [0.2, 0.25) is 0 Å². The van der Waals surface area contributed by atoms with E-state index in [0.29, 0.717) is 18.6 Å². The van der Waals surface area contributed by atoms with E-state index in [2.05, 4.69) is 24.1 Å². The summed E-state index contributed by atoms with van der Waals surface area (Å²) in [5.41, 5.74) is -4.10. The molecule has 0 saturated carbocycles. The van der Waals surface area contributed by atoms with Crippen molar-refractivity contribution in [2.24, 2.45) is 0 Å². The first kappa shape index (κ1) is 14.1. The number of alkyl halides is 3. The van der Waals surface area contributed by atoms with E-state index in [1.54, 1.807) is 0 Å². The molecule has 1 fully saturated rings. The topological polar surface area (TPSA) is 15.3 Å². The second-order valence-electron chi connectivity index (χ2n) is 4.16. The fourth-order valence-corrected chi connectivity index (χ4v) is 2.54. The molecule has 1 rings (SSSR count). The Kier molecular flexibility index (Phi) is 5.40. The summed E-state index contributed by atoms with van der Waals surface area (Å²) >= 11 is 0.0789. The van der Waals surface area contributed by atoms with Crippen molar-refractivity contribution in [3.63, 3.8) is 0 Å². The summed E-state index contributed by atoms with van der Waals surface area (Å²) < 4.78 is 36.0. The number of hydrogen-bond donors (Lipinski definition) is 1. The van der Waals surface area contributed by atoms with E-state index in [1.165, 1.54) is 0 Å². The smallest absolute Gasteiger partial charge is 0.311 e. The molecule has 2 unspecified atom stereocenters. The van der Waals surface area contributed by atoms with Gasteiger partial charge in [-0.2, -0.15) is 13.2 Å². The molecular formula is C10H19F3N2S. The molecule has 6 heteroatoms. The van der Waals surface area contributed by atoms with Crippen molar-refractivity contribution < 1.29 is 13.2 Å². The quantitative estimate of drug-likeness (QED) is 0.831. The van der Waals surface area contributed by atoms with Gasteiger partial charge in [0.1, 0.15) is 0 Å². The number of nitrogens with one attached hydrogen (secondary N) is 1. The van der Waals surface area contributed by atoms with Crippen molar-refractivity contribution in [2.45, 2.75) is 37.9 Å². The van der Waals surface area contributed by atoms with Gasteiger partial charge in [0, 0.05) is 37.5 Å². The highest BCUT2D eigenvalue weighted by Gasteiger charge is 2.29. The lowest BCUT2D eigenvalue weighted by atomic mass is 10.1.